The number of carbonyl (C=O) groups is 1. The molecule has 110 valence electrons. The van der Waals surface area contributed by atoms with E-state index in [1.165, 1.54) is 12.8 Å². The molecule has 0 amide bonds. The molecule has 0 aromatic rings. The number of aliphatic hydroxyl groups is 2. The second-order valence-electron chi connectivity index (χ2n) is 6.69. The van der Waals surface area contributed by atoms with Gasteiger partial charge in [-0.15, -0.1) is 0 Å². The van der Waals surface area contributed by atoms with Crippen LogP contribution in [0.15, 0.2) is 23.8 Å². The zero-order valence-electron chi connectivity index (χ0n) is 11.8. The van der Waals surface area contributed by atoms with Gasteiger partial charge in [-0.1, -0.05) is 31.1 Å². The minimum absolute atomic E-state index is 0.0877. The van der Waals surface area contributed by atoms with E-state index in [1.54, 1.807) is 0 Å². The number of rotatable bonds is 4. The van der Waals surface area contributed by atoms with Gasteiger partial charge < -0.3 is 10.2 Å². The van der Waals surface area contributed by atoms with Gasteiger partial charge in [0.2, 0.25) is 0 Å². The highest BCUT2D eigenvalue weighted by Gasteiger charge is 2.43. The molecule has 3 rings (SSSR count). The number of aliphatic hydroxyl groups excluding tert-OH is 2. The number of fused-ring (bicyclic) bond motifs is 1. The number of aldehydes is 1. The van der Waals surface area contributed by atoms with Crippen molar-refractivity contribution in [3.8, 4) is 0 Å². The van der Waals surface area contributed by atoms with Crippen molar-refractivity contribution in [2.45, 2.75) is 50.7 Å². The van der Waals surface area contributed by atoms with Gasteiger partial charge in [0.15, 0.2) is 0 Å². The number of allylic oxidation sites excluding steroid dienone is 2. The third-order valence-electron chi connectivity index (χ3n) is 5.47. The molecular formula is C17H24O3. The third-order valence-corrected chi connectivity index (χ3v) is 5.47. The van der Waals surface area contributed by atoms with Gasteiger partial charge in [-0.3, -0.25) is 4.79 Å². The molecule has 20 heavy (non-hydrogen) atoms. The summed E-state index contributed by atoms with van der Waals surface area (Å²) in [5, 5.41) is 20.4. The van der Waals surface area contributed by atoms with Crippen molar-refractivity contribution in [3.05, 3.63) is 23.8 Å². The first-order valence-electron chi connectivity index (χ1n) is 7.89. The Balaban J connectivity index is 1.63. The summed E-state index contributed by atoms with van der Waals surface area (Å²) in [4.78, 5) is 10.9. The fourth-order valence-electron chi connectivity index (χ4n) is 4.33. The number of hydrogen-bond acceptors (Lipinski definition) is 3. The molecule has 0 aromatic heterocycles. The fourth-order valence-corrected chi connectivity index (χ4v) is 4.33. The van der Waals surface area contributed by atoms with Crippen molar-refractivity contribution in [1.82, 2.24) is 0 Å². The summed E-state index contributed by atoms with van der Waals surface area (Å²) >= 11 is 0. The minimum Gasteiger partial charge on any atom is -0.392 e. The molecule has 3 heteroatoms. The van der Waals surface area contributed by atoms with Crippen LogP contribution in [0.2, 0.25) is 0 Å². The van der Waals surface area contributed by atoms with Crippen molar-refractivity contribution in [3.63, 3.8) is 0 Å². The molecule has 5 atom stereocenters. The van der Waals surface area contributed by atoms with E-state index in [0.29, 0.717) is 17.8 Å². The van der Waals surface area contributed by atoms with Gasteiger partial charge in [-0.05, 0) is 49.0 Å². The monoisotopic (exact) mass is 276 g/mol. The lowest BCUT2D eigenvalue weighted by Crippen LogP contribution is -2.20. The van der Waals surface area contributed by atoms with Crippen LogP contribution in [-0.4, -0.2) is 28.7 Å². The van der Waals surface area contributed by atoms with E-state index in [9.17, 15) is 15.0 Å². The van der Waals surface area contributed by atoms with Crippen LogP contribution in [-0.2, 0) is 4.79 Å². The van der Waals surface area contributed by atoms with Crippen molar-refractivity contribution in [2.24, 2.45) is 23.7 Å². The summed E-state index contributed by atoms with van der Waals surface area (Å²) in [5.74, 6) is 1.17. The lowest BCUT2D eigenvalue weighted by atomic mass is 9.88. The normalized spacial score (nSPS) is 39.2. The van der Waals surface area contributed by atoms with Gasteiger partial charge in [-0.25, -0.2) is 0 Å². The average Bonchev–Trinajstić information content (AvgIpc) is 3.12. The largest absolute Gasteiger partial charge is 0.392 e. The van der Waals surface area contributed by atoms with Gasteiger partial charge in [0, 0.05) is 5.92 Å². The predicted octanol–water partition coefficient (Wildman–Crippen LogP) is 2.24. The Morgan fingerprint density at radius 1 is 1.30 bits per heavy atom. The van der Waals surface area contributed by atoms with Crippen LogP contribution >= 0.6 is 0 Å². The first-order valence-corrected chi connectivity index (χ1v) is 7.89. The fraction of sp³-hybridized carbons (Fsp3) is 0.706. The average molecular weight is 276 g/mol. The Morgan fingerprint density at radius 2 is 2.05 bits per heavy atom. The van der Waals surface area contributed by atoms with E-state index >= 15 is 0 Å². The predicted molar refractivity (Wildman–Crippen MR) is 77.0 cm³/mol. The van der Waals surface area contributed by atoms with Gasteiger partial charge >= 0.3 is 0 Å². The second kappa shape index (κ2) is 5.82. The molecule has 0 aliphatic heterocycles. The van der Waals surface area contributed by atoms with E-state index < -0.39 is 0 Å². The Labute approximate surface area is 120 Å². The standard InChI is InChI=1S/C17H24O3/c18-10-11-7-13-9-17(20)14(15(13)8-11)5-6-16(19)12-3-1-2-4-12/h5-7,10,12-17,19-20H,1-4,8-9H2/t13-,14-,15-,16+,17+/m0/s1. The zero-order chi connectivity index (χ0) is 14.1. The maximum Gasteiger partial charge on any atom is 0.145 e. The molecule has 0 unspecified atom stereocenters. The van der Waals surface area contributed by atoms with E-state index in [4.69, 9.17) is 0 Å². The highest BCUT2D eigenvalue weighted by atomic mass is 16.3. The highest BCUT2D eigenvalue weighted by Crippen LogP contribution is 2.47. The van der Waals surface area contributed by atoms with Crippen LogP contribution in [0.4, 0.5) is 0 Å². The molecule has 3 nitrogen and oxygen atoms in total. The summed E-state index contributed by atoms with van der Waals surface area (Å²) in [6, 6.07) is 0. The summed E-state index contributed by atoms with van der Waals surface area (Å²) < 4.78 is 0. The van der Waals surface area contributed by atoms with Gasteiger partial charge in [-0.2, -0.15) is 0 Å². The molecule has 2 N–H and O–H groups in total. The molecule has 0 radical (unpaired) electrons. The quantitative estimate of drug-likeness (QED) is 0.611. The Bertz CT molecular complexity index is 420. The van der Waals surface area contributed by atoms with Crippen LogP contribution in [0, 0.1) is 23.7 Å². The van der Waals surface area contributed by atoms with E-state index in [2.05, 4.69) is 0 Å². The Hall–Kier alpha value is -0.930. The lowest BCUT2D eigenvalue weighted by Gasteiger charge is -2.19. The van der Waals surface area contributed by atoms with Crippen LogP contribution < -0.4 is 0 Å². The Morgan fingerprint density at radius 3 is 2.75 bits per heavy atom. The second-order valence-corrected chi connectivity index (χ2v) is 6.69. The molecule has 2 fully saturated rings. The van der Waals surface area contributed by atoms with Crippen LogP contribution in [0.5, 0.6) is 0 Å². The first-order chi connectivity index (χ1) is 9.69. The molecule has 3 aliphatic rings. The smallest absolute Gasteiger partial charge is 0.145 e. The van der Waals surface area contributed by atoms with Crippen molar-refractivity contribution in [2.75, 3.05) is 0 Å². The summed E-state index contributed by atoms with van der Waals surface area (Å²) in [5.41, 5.74) is 0.877. The van der Waals surface area contributed by atoms with Crippen molar-refractivity contribution in [1.29, 1.82) is 0 Å². The maximum atomic E-state index is 10.9. The van der Waals surface area contributed by atoms with E-state index in [1.807, 2.05) is 18.2 Å². The van der Waals surface area contributed by atoms with Gasteiger partial charge in [0.05, 0.1) is 12.2 Å². The maximum absolute atomic E-state index is 10.9. The zero-order valence-corrected chi connectivity index (χ0v) is 11.8. The first kappa shape index (κ1) is 14.0. The van der Waals surface area contributed by atoms with Gasteiger partial charge in [0.25, 0.3) is 0 Å². The summed E-state index contributed by atoms with van der Waals surface area (Å²) in [7, 11) is 0. The molecule has 0 spiro atoms. The molecule has 3 aliphatic carbocycles. The SMILES string of the molecule is O=CC1=C[C@H]2C[C@@H](O)[C@@H](C=C[C@@H](O)C3CCCC3)[C@H]2C1. The van der Waals surface area contributed by atoms with Crippen LogP contribution in [0.25, 0.3) is 0 Å². The molecule has 0 heterocycles. The van der Waals surface area contributed by atoms with E-state index in [-0.39, 0.29) is 18.1 Å². The third kappa shape index (κ3) is 2.61. The summed E-state index contributed by atoms with van der Waals surface area (Å²) in [6.07, 6.45) is 12.4. The minimum atomic E-state index is -0.372. The topological polar surface area (TPSA) is 57.5 Å². The molecule has 0 saturated heterocycles. The highest BCUT2D eigenvalue weighted by molar-refractivity contribution is 5.74. The van der Waals surface area contributed by atoms with E-state index in [0.717, 1.165) is 37.5 Å². The van der Waals surface area contributed by atoms with Crippen LogP contribution in [0.3, 0.4) is 0 Å². The van der Waals surface area contributed by atoms with Crippen molar-refractivity contribution >= 4 is 6.29 Å². The molecule has 0 bridgehead atoms. The lowest BCUT2D eigenvalue weighted by molar-refractivity contribution is -0.105. The number of carbonyl (C=O) groups excluding carboxylic acids is 1. The van der Waals surface area contributed by atoms with Gasteiger partial charge in [0.1, 0.15) is 6.29 Å². The number of hydrogen-bond donors (Lipinski definition) is 2. The molecule has 0 aromatic carbocycles. The van der Waals surface area contributed by atoms with Crippen molar-refractivity contribution < 1.29 is 15.0 Å². The molecular weight excluding hydrogens is 252 g/mol. The molecule has 2 saturated carbocycles. The van der Waals surface area contributed by atoms with Crippen LogP contribution in [0.1, 0.15) is 38.5 Å². The Kier molecular flexibility index (Phi) is 4.08. The summed E-state index contributed by atoms with van der Waals surface area (Å²) in [6.45, 7) is 0.